The van der Waals surface area contributed by atoms with Crippen LogP contribution in [0.4, 0.5) is 21.9 Å². The molecule has 2 aromatic rings. The molecule has 0 atom stereocenters. The van der Waals surface area contributed by atoms with Crippen molar-refractivity contribution in [1.82, 2.24) is 0 Å². The lowest BCUT2D eigenvalue weighted by Gasteiger charge is -2.19. The second-order valence-electron chi connectivity index (χ2n) is 3.87. The van der Waals surface area contributed by atoms with Gasteiger partial charge in [0.1, 0.15) is 0 Å². The summed E-state index contributed by atoms with van der Waals surface area (Å²) in [6.07, 6.45) is -1.19. The van der Waals surface area contributed by atoms with E-state index in [9.17, 15) is 20.0 Å². The molecule has 0 saturated heterocycles. The highest BCUT2D eigenvalue weighted by Gasteiger charge is 2.17. The van der Waals surface area contributed by atoms with E-state index in [1.165, 1.54) is 24.3 Å². The number of anilines is 2. The van der Waals surface area contributed by atoms with Crippen molar-refractivity contribution in [3.63, 3.8) is 0 Å². The Bertz CT molecular complexity index is 640. The summed E-state index contributed by atoms with van der Waals surface area (Å²) in [5.41, 5.74) is 0.608. The van der Waals surface area contributed by atoms with Gasteiger partial charge in [-0.1, -0.05) is 11.6 Å². The van der Waals surface area contributed by atoms with Gasteiger partial charge in [0.2, 0.25) is 0 Å². The summed E-state index contributed by atoms with van der Waals surface area (Å²) in [4.78, 5) is 22.4. The molecule has 0 unspecified atom stereocenters. The number of benzene rings is 2. The summed E-state index contributed by atoms with van der Waals surface area (Å²) in [6, 6.07) is 11.5. The highest BCUT2D eigenvalue weighted by Crippen LogP contribution is 2.28. The van der Waals surface area contributed by atoms with Gasteiger partial charge in [0.25, 0.3) is 5.69 Å². The van der Waals surface area contributed by atoms with Crippen LogP contribution in [0.15, 0.2) is 48.5 Å². The smallest absolute Gasteiger partial charge is 0.416 e. The molecule has 0 saturated carbocycles. The number of nitrogens with zero attached hydrogens (tertiary/aromatic N) is 2. The van der Waals surface area contributed by atoms with Crippen LogP contribution < -0.4 is 4.90 Å². The van der Waals surface area contributed by atoms with Crippen LogP contribution in [-0.2, 0) is 0 Å². The third-order valence-corrected chi connectivity index (χ3v) is 2.85. The Morgan fingerprint density at radius 1 is 1.05 bits per heavy atom. The van der Waals surface area contributed by atoms with Gasteiger partial charge in [-0.05, 0) is 36.4 Å². The highest BCUT2D eigenvalue weighted by atomic mass is 35.5. The average Bonchev–Trinajstić information content (AvgIpc) is 2.41. The number of non-ortho nitro benzene ring substituents is 1. The predicted octanol–water partition coefficient (Wildman–Crippen LogP) is 4.06. The first-order chi connectivity index (χ1) is 9.49. The second kappa shape index (κ2) is 5.58. The van der Waals surface area contributed by atoms with Crippen molar-refractivity contribution in [2.75, 3.05) is 4.90 Å². The van der Waals surface area contributed by atoms with Crippen molar-refractivity contribution in [2.45, 2.75) is 0 Å². The zero-order chi connectivity index (χ0) is 14.7. The van der Waals surface area contributed by atoms with E-state index in [0.717, 1.165) is 4.90 Å². The first-order valence-corrected chi connectivity index (χ1v) is 5.90. The Morgan fingerprint density at radius 3 is 1.90 bits per heavy atom. The molecule has 1 N–H and O–H groups in total. The number of carboxylic acid groups (broad SMARTS) is 1. The molecule has 20 heavy (non-hydrogen) atoms. The Balaban J connectivity index is 2.40. The third-order valence-electron chi connectivity index (χ3n) is 2.59. The molecule has 6 nitrogen and oxygen atoms in total. The number of hydrogen-bond acceptors (Lipinski definition) is 3. The Labute approximate surface area is 119 Å². The lowest BCUT2D eigenvalue weighted by Crippen LogP contribution is -2.23. The molecule has 7 heteroatoms. The average molecular weight is 293 g/mol. The zero-order valence-corrected chi connectivity index (χ0v) is 10.8. The number of hydrogen-bond donors (Lipinski definition) is 1. The molecule has 0 spiro atoms. The van der Waals surface area contributed by atoms with Gasteiger partial charge in [0.15, 0.2) is 0 Å². The maximum Gasteiger partial charge on any atom is 0.416 e. The number of nitro groups is 1. The quantitative estimate of drug-likeness (QED) is 0.683. The van der Waals surface area contributed by atoms with Gasteiger partial charge in [-0.2, -0.15) is 0 Å². The Morgan fingerprint density at radius 2 is 1.50 bits per heavy atom. The molecule has 0 aliphatic rings. The molecule has 1 amide bonds. The van der Waals surface area contributed by atoms with Crippen LogP contribution in [0, 0.1) is 10.1 Å². The summed E-state index contributed by atoms with van der Waals surface area (Å²) in [5, 5.41) is 20.4. The van der Waals surface area contributed by atoms with Crippen LogP contribution in [-0.4, -0.2) is 16.1 Å². The van der Waals surface area contributed by atoms with E-state index < -0.39 is 11.0 Å². The van der Waals surface area contributed by atoms with Gasteiger partial charge in [-0.25, -0.2) is 9.69 Å². The molecule has 0 fully saturated rings. The molecule has 0 bridgehead atoms. The van der Waals surface area contributed by atoms with Gasteiger partial charge in [0, 0.05) is 17.2 Å². The van der Waals surface area contributed by atoms with Crippen LogP contribution in [0.25, 0.3) is 0 Å². The van der Waals surface area contributed by atoms with Crippen LogP contribution in [0.3, 0.4) is 0 Å². The van der Waals surface area contributed by atoms with E-state index in [1.54, 1.807) is 24.3 Å². The van der Waals surface area contributed by atoms with Gasteiger partial charge in [0.05, 0.1) is 16.3 Å². The first kappa shape index (κ1) is 13.8. The lowest BCUT2D eigenvalue weighted by molar-refractivity contribution is -0.384. The molecule has 0 aliphatic carbocycles. The summed E-state index contributed by atoms with van der Waals surface area (Å²) in [7, 11) is 0. The van der Waals surface area contributed by atoms with Crippen molar-refractivity contribution in [3.8, 4) is 0 Å². The number of carbonyl (C=O) groups is 1. The second-order valence-corrected chi connectivity index (χ2v) is 4.30. The highest BCUT2D eigenvalue weighted by molar-refractivity contribution is 6.30. The standard InChI is InChI=1S/C13H9ClN2O4/c14-9-1-3-10(4-2-9)15(13(17)18)11-5-7-12(8-6-11)16(19)20/h1-8H,(H,17,18). The molecule has 102 valence electrons. The molecule has 0 aliphatic heterocycles. The molecule has 2 aromatic carbocycles. The van der Waals surface area contributed by atoms with Crippen LogP contribution in [0.2, 0.25) is 5.02 Å². The monoisotopic (exact) mass is 292 g/mol. The van der Waals surface area contributed by atoms with Gasteiger partial charge >= 0.3 is 6.09 Å². The minimum absolute atomic E-state index is 0.102. The van der Waals surface area contributed by atoms with Crippen LogP contribution in [0.5, 0.6) is 0 Å². The van der Waals surface area contributed by atoms with Crippen LogP contribution in [0.1, 0.15) is 0 Å². The topological polar surface area (TPSA) is 83.7 Å². The zero-order valence-electron chi connectivity index (χ0n) is 10.1. The number of nitro benzene ring substituents is 1. The maximum absolute atomic E-state index is 11.4. The third kappa shape index (κ3) is 2.86. The van der Waals surface area contributed by atoms with E-state index in [0.29, 0.717) is 16.4 Å². The van der Waals surface area contributed by atoms with Crippen LogP contribution >= 0.6 is 11.6 Å². The summed E-state index contributed by atoms with van der Waals surface area (Å²) >= 11 is 5.76. The fraction of sp³-hybridized carbons (Fsp3) is 0. The predicted molar refractivity (Wildman–Crippen MR) is 74.7 cm³/mol. The lowest BCUT2D eigenvalue weighted by atomic mass is 10.2. The summed E-state index contributed by atoms with van der Waals surface area (Å²) < 4.78 is 0. The number of amides is 1. The first-order valence-electron chi connectivity index (χ1n) is 5.52. The normalized spacial score (nSPS) is 10.1. The SMILES string of the molecule is O=C(O)N(c1ccc(Cl)cc1)c1ccc([N+](=O)[O-])cc1. The van der Waals surface area contributed by atoms with E-state index in [2.05, 4.69) is 0 Å². The van der Waals surface area contributed by atoms with Crippen molar-refractivity contribution in [3.05, 3.63) is 63.7 Å². The van der Waals surface area contributed by atoms with Crippen molar-refractivity contribution in [2.24, 2.45) is 0 Å². The minimum atomic E-state index is -1.19. The summed E-state index contributed by atoms with van der Waals surface area (Å²) in [6.45, 7) is 0. The molecule has 0 aromatic heterocycles. The molecular formula is C13H9ClN2O4. The van der Waals surface area contributed by atoms with Gasteiger partial charge < -0.3 is 5.11 Å². The minimum Gasteiger partial charge on any atom is -0.464 e. The Kier molecular flexibility index (Phi) is 3.86. The number of halogens is 1. The Hall–Kier alpha value is -2.60. The molecular weight excluding hydrogens is 284 g/mol. The largest absolute Gasteiger partial charge is 0.464 e. The fourth-order valence-electron chi connectivity index (χ4n) is 1.68. The maximum atomic E-state index is 11.4. The number of rotatable bonds is 3. The fourth-order valence-corrected chi connectivity index (χ4v) is 1.81. The van der Waals surface area contributed by atoms with Crippen molar-refractivity contribution >= 4 is 34.8 Å². The van der Waals surface area contributed by atoms with E-state index in [1.807, 2.05) is 0 Å². The van der Waals surface area contributed by atoms with E-state index in [-0.39, 0.29) is 5.69 Å². The van der Waals surface area contributed by atoms with Gasteiger partial charge in [-0.15, -0.1) is 0 Å². The van der Waals surface area contributed by atoms with E-state index >= 15 is 0 Å². The summed E-state index contributed by atoms with van der Waals surface area (Å²) in [5.74, 6) is 0. The van der Waals surface area contributed by atoms with Gasteiger partial charge in [-0.3, -0.25) is 10.1 Å². The van der Waals surface area contributed by atoms with Crippen molar-refractivity contribution in [1.29, 1.82) is 0 Å². The van der Waals surface area contributed by atoms with E-state index in [4.69, 9.17) is 11.6 Å². The molecule has 0 heterocycles. The molecule has 0 radical (unpaired) electrons. The van der Waals surface area contributed by atoms with Crippen molar-refractivity contribution < 1.29 is 14.8 Å². The molecule has 2 rings (SSSR count).